The first-order chi connectivity index (χ1) is 9.22. The zero-order valence-corrected chi connectivity index (χ0v) is 11.7. The fourth-order valence-electron chi connectivity index (χ4n) is 1.25. The van der Waals surface area contributed by atoms with Crippen molar-refractivity contribution in [3.63, 3.8) is 0 Å². The fourth-order valence-corrected chi connectivity index (χ4v) is 1.25. The van der Waals surface area contributed by atoms with Crippen LogP contribution in [0.2, 0.25) is 0 Å². The highest BCUT2D eigenvalue weighted by Crippen LogP contribution is 1.88. The quantitative estimate of drug-likeness (QED) is 0.424. The minimum Gasteiger partial charge on any atom is -0.480 e. The van der Waals surface area contributed by atoms with E-state index < -0.39 is 12.0 Å². The lowest BCUT2D eigenvalue weighted by Crippen LogP contribution is -2.40. The Kier molecular flexibility index (Phi) is 13.2. The van der Waals surface area contributed by atoms with Crippen LogP contribution in [0, 0.1) is 0 Å². The molecule has 0 fully saturated rings. The van der Waals surface area contributed by atoms with Crippen molar-refractivity contribution in [3.8, 4) is 0 Å². The zero-order chi connectivity index (χ0) is 14.3. The Morgan fingerprint density at radius 2 is 1.58 bits per heavy atom. The maximum absolute atomic E-state index is 10.8. The number of hydrogen-bond donors (Lipinski definition) is 2. The van der Waals surface area contributed by atoms with Gasteiger partial charge in [0, 0.05) is 7.11 Å². The van der Waals surface area contributed by atoms with Crippen LogP contribution >= 0.6 is 0 Å². The molecule has 0 aromatic rings. The van der Waals surface area contributed by atoms with Gasteiger partial charge in [0.05, 0.1) is 46.2 Å². The van der Waals surface area contributed by atoms with Crippen molar-refractivity contribution >= 4 is 5.97 Å². The van der Waals surface area contributed by atoms with E-state index in [2.05, 4.69) is 5.32 Å². The summed E-state index contributed by atoms with van der Waals surface area (Å²) in [4.78, 5) is 10.8. The normalized spacial score (nSPS) is 12.5. The number of carboxylic acid groups (broad SMARTS) is 1. The van der Waals surface area contributed by atoms with E-state index >= 15 is 0 Å². The van der Waals surface area contributed by atoms with Crippen molar-refractivity contribution in [2.75, 3.05) is 59.9 Å². The SMILES string of the molecule is CCNC(COCCOCCOCCOC)C(=O)O. The number of methoxy groups -OCH3 is 1. The van der Waals surface area contributed by atoms with Gasteiger partial charge in [-0.3, -0.25) is 4.79 Å². The van der Waals surface area contributed by atoms with Gasteiger partial charge in [0.15, 0.2) is 0 Å². The van der Waals surface area contributed by atoms with Crippen molar-refractivity contribution in [3.05, 3.63) is 0 Å². The number of nitrogens with one attached hydrogen (secondary N) is 1. The molecule has 114 valence electrons. The van der Waals surface area contributed by atoms with Crippen LogP contribution in [0.15, 0.2) is 0 Å². The molecule has 0 amide bonds. The first kappa shape index (κ1) is 18.3. The van der Waals surface area contributed by atoms with Gasteiger partial charge < -0.3 is 29.4 Å². The molecule has 7 nitrogen and oxygen atoms in total. The molecule has 0 aliphatic heterocycles. The third kappa shape index (κ3) is 12.1. The highest BCUT2D eigenvalue weighted by molar-refractivity contribution is 5.73. The smallest absolute Gasteiger partial charge is 0.323 e. The Morgan fingerprint density at radius 3 is 2.05 bits per heavy atom. The van der Waals surface area contributed by atoms with Crippen molar-refractivity contribution in [2.45, 2.75) is 13.0 Å². The molecular formula is C12H25NO6. The molecule has 2 N–H and O–H groups in total. The van der Waals surface area contributed by atoms with Crippen LogP contribution in [-0.4, -0.2) is 77.0 Å². The molecule has 0 radical (unpaired) electrons. The van der Waals surface area contributed by atoms with E-state index in [4.69, 9.17) is 24.1 Å². The Morgan fingerprint density at radius 1 is 1.05 bits per heavy atom. The van der Waals surface area contributed by atoms with E-state index in [0.717, 1.165) is 0 Å². The molecule has 1 atom stereocenters. The lowest BCUT2D eigenvalue weighted by Gasteiger charge is -2.13. The van der Waals surface area contributed by atoms with E-state index in [-0.39, 0.29) is 6.61 Å². The Hall–Kier alpha value is -0.730. The summed E-state index contributed by atoms with van der Waals surface area (Å²) >= 11 is 0. The highest BCUT2D eigenvalue weighted by Gasteiger charge is 2.15. The first-order valence-electron chi connectivity index (χ1n) is 6.40. The van der Waals surface area contributed by atoms with Crippen LogP contribution < -0.4 is 5.32 Å². The van der Waals surface area contributed by atoms with Crippen LogP contribution in [0.1, 0.15) is 6.92 Å². The molecule has 1 unspecified atom stereocenters. The third-order valence-corrected chi connectivity index (χ3v) is 2.21. The molecule has 0 aromatic heterocycles. The largest absolute Gasteiger partial charge is 0.480 e. The van der Waals surface area contributed by atoms with E-state index in [1.165, 1.54) is 0 Å². The van der Waals surface area contributed by atoms with Crippen LogP contribution in [0.3, 0.4) is 0 Å². The molecule has 0 saturated heterocycles. The minimum absolute atomic E-state index is 0.136. The summed E-state index contributed by atoms with van der Waals surface area (Å²) < 4.78 is 20.5. The maximum atomic E-state index is 10.8. The predicted octanol–water partition coefficient (Wildman–Crippen LogP) is -0.255. The summed E-state index contributed by atoms with van der Waals surface area (Å²) in [5, 5.41) is 11.7. The summed E-state index contributed by atoms with van der Waals surface area (Å²) in [6.45, 7) is 5.50. The first-order valence-corrected chi connectivity index (χ1v) is 6.40. The third-order valence-electron chi connectivity index (χ3n) is 2.21. The van der Waals surface area contributed by atoms with Gasteiger partial charge in [-0.25, -0.2) is 0 Å². The van der Waals surface area contributed by atoms with Crippen molar-refractivity contribution < 1.29 is 28.8 Å². The maximum Gasteiger partial charge on any atom is 0.323 e. The van der Waals surface area contributed by atoms with E-state index in [9.17, 15) is 4.79 Å². The van der Waals surface area contributed by atoms with Crippen LogP contribution in [0.25, 0.3) is 0 Å². The number of rotatable bonds is 14. The lowest BCUT2D eigenvalue weighted by atomic mass is 10.3. The number of likely N-dealkylation sites (N-methyl/N-ethyl adjacent to an activating group) is 1. The summed E-state index contributed by atoms with van der Waals surface area (Å²) in [6, 6.07) is -0.664. The molecule has 0 aliphatic rings. The molecular weight excluding hydrogens is 254 g/mol. The van der Waals surface area contributed by atoms with Gasteiger partial charge in [-0.2, -0.15) is 0 Å². The monoisotopic (exact) mass is 279 g/mol. The van der Waals surface area contributed by atoms with Gasteiger partial charge >= 0.3 is 5.97 Å². The number of aliphatic carboxylic acids is 1. The van der Waals surface area contributed by atoms with Gasteiger partial charge in [0.1, 0.15) is 6.04 Å². The van der Waals surface area contributed by atoms with Crippen molar-refractivity contribution in [2.24, 2.45) is 0 Å². The molecule has 19 heavy (non-hydrogen) atoms. The average Bonchev–Trinajstić information content (AvgIpc) is 2.39. The molecule has 0 bridgehead atoms. The topological polar surface area (TPSA) is 86.3 Å². The van der Waals surface area contributed by atoms with Gasteiger partial charge in [-0.1, -0.05) is 6.92 Å². The van der Waals surface area contributed by atoms with Crippen LogP contribution in [0.4, 0.5) is 0 Å². The van der Waals surface area contributed by atoms with E-state index in [0.29, 0.717) is 46.2 Å². The zero-order valence-electron chi connectivity index (χ0n) is 11.7. The summed E-state index contributed by atoms with van der Waals surface area (Å²) in [7, 11) is 1.62. The summed E-state index contributed by atoms with van der Waals surface area (Å²) in [6.07, 6.45) is 0. The fraction of sp³-hybridized carbons (Fsp3) is 0.917. The summed E-state index contributed by atoms with van der Waals surface area (Å²) in [5.41, 5.74) is 0. The number of carbonyl (C=O) groups is 1. The molecule has 7 heteroatoms. The second-order valence-electron chi connectivity index (χ2n) is 3.74. The molecule has 0 heterocycles. The number of carboxylic acids is 1. The number of ether oxygens (including phenoxy) is 4. The van der Waals surface area contributed by atoms with Crippen LogP contribution in [-0.2, 0) is 23.7 Å². The van der Waals surface area contributed by atoms with Crippen LogP contribution in [0.5, 0.6) is 0 Å². The van der Waals surface area contributed by atoms with E-state index in [1.54, 1.807) is 7.11 Å². The average molecular weight is 279 g/mol. The van der Waals surface area contributed by atoms with Crippen molar-refractivity contribution in [1.82, 2.24) is 5.32 Å². The molecule has 0 rings (SSSR count). The Labute approximate surface area is 114 Å². The minimum atomic E-state index is -0.908. The Bertz CT molecular complexity index is 214. The van der Waals surface area contributed by atoms with Gasteiger partial charge in [0.25, 0.3) is 0 Å². The lowest BCUT2D eigenvalue weighted by molar-refractivity contribution is -0.141. The highest BCUT2D eigenvalue weighted by atomic mass is 16.6. The Balaban J connectivity index is 3.27. The van der Waals surface area contributed by atoms with Crippen molar-refractivity contribution in [1.29, 1.82) is 0 Å². The second kappa shape index (κ2) is 13.7. The standard InChI is InChI=1S/C12H25NO6/c1-3-13-11(12(14)15)10-19-9-8-18-7-6-17-5-4-16-2/h11,13H,3-10H2,1-2H3,(H,14,15). The van der Waals surface area contributed by atoms with Gasteiger partial charge in [-0.05, 0) is 6.54 Å². The predicted molar refractivity (Wildman–Crippen MR) is 69.4 cm³/mol. The van der Waals surface area contributed by atoms with Gasteiger partial charge in [-0.15, -0.1) is 0 Å². The number of hydrogen-bond acceptors (Lipinski definition) is 6. The summed E-state index contributed by atoms with van der Waals surface area (Å²) in [5.74, 6) is -0.908. The van der Waals surface area contributed by atoms with Gasteiger partial charge in [0.2, 0.25) is 0 Å². The molecule has 0 saturated carbocycles. The van der Waals surface area contributed by atoms with E-state index in [1.807, 2.05) is 6.92 Å². The molecule has 0 spiro atoms. The molecule has 0 aliphatic carbocycles. The second-order valence-corrected chi connectivity index (χ2v) is 3.74. The molecule has 0 aromatic carbocycles.